The number of aromatic nitrogens is 2. The number of piperidine rings is 1. The maximum absolute atomic E-state index is 12.3. The SMILES string of the molecule is O=C(c1ccsc1)N1CCC(c2nnc(-c3ccco3)o2)CC1. The number of amides is 1. The fourth-order valence-corrected chi connectivity index (χ4v) is 3.43. The van der Waals surface area contributed by atoms with Crippen LogP contribution >= 0.6 is 11.3 Å². The Balaban J connectivity index is 1.41. The Labute approximate surface area is 136 Å². The first-order valence-corrected chi connectivity index (χ1v) is 8.44. The van der Waals surface area contributed by atoms with Crippen LogP contribution in [-0.2, 0) is 0 Å². The molecule has 4 heterocycles. The maximum atomic E-state index is 12.3. The topological polar surface area (TPSA) is 72.4 Å². The van der Waals surface area contributed by atoms with Crippen LogP contribution in [0.25, 0.3) is 11.7 Å². The van der Waals surface area contributed by atoms with E-state index in [2.05, 4.69) is 10.2 Å². The van der Waals surface area contributed by atoms with Crippen molar-refractivity contribution in [1.82, 2.24) is 15.1 Å². The third-order valence-electron chi connectivity index (χ3n) is 4.07. The van der Waals surface area contributed by atoms with Crippen LogP contribution in [0.2, 0.25) is 0 Å². The van der Waals surface area contributed by atoms with Gasteiger partial charge in [-0.2, -0.15) is 11.3 Å². The second kappa shape index (κ2) is 6.00. The maximum Gasteiger partial charge on any atom is 0.283 e. The molecule has 0 atom stereocenters. The third kappa shape index (κ3) is 2.79. The second-order valence-corrected chi connectivity index (χ2v) is 6.28. The standard InChI is InChI=1S/C16H15N3O3S/c20-16(12-5-9-23-10-12)19-6-3-11(4-7-19)14-17-18-15(22-14)13-2-1-8-21-13/h1-2,5,8-11H,3-4,6-7H2. The predicted octanol–water partition coefficient (Wildman–Crippen LogP) is 3.41. The molecular formula is C16H15N3O3S. The molecule has 3 aromatic rings. The molecule has 1 aliphatic heterocycles. The molecule has 0 radical (unpaired) electrons. The highest BCUT2D eigenvalue weighted by molar-refractivity contribution is 7.08. The smallest absolute Gasteiger partial charge is 0.283 e. The minimum absolute atomic E-state index is 0.103. The highest BCUT2D eigenvalue weighted by Crippen LogP contribution is 2.30. The number of carbonyl (C=O) groups is 1. The summed E-state index contributed by atoms with van der Waals surface area (Å²) in [5, 5.41) is 12.0. The minimum atomic E-state index is 0.103. The Hall–Kier alpha value is -2.41. The number of hydrogen-bond donors (Lipinski definition) is 0. The van der Waals surface area contributed by atoms with Gasteiger partial charge in [-0.25, -0.2) is 0 Å². The molecule has 0 spiro atoms. The summed E-state index contributed by atoms with van der Waals surface area (Å²) in [6.45, 7) is 1.41. The minimum Gasteiger partial charge on any atom is -0.459 e. The Morgan fingerprint density at radius 1 is 1.26 bits per heavy atom. The van der Waals surface area contributed by atoms with E-state index in [4.69, 9.17) is 8.83 Å². The lowest BCUT2D eigenvalue weighted by Gasteiger charge is -2.30. The van der Waals surface area contributed by atoms with E-state index in [-0.39, 0.29) is 11.8 Å². The molecule has 0 saturated carbocycles. The summed E-state index contributed by atoms with van der Waals surface area (Å²) in [4.78, 5) is 14.2. The second-order valence-electron chi connectivity index (χ2n) is 5.50. The Morgan fingerprint density at radius 2 is 2.13 bits per heavy atom. The van der Waals surface area contributed by atoms with E-state index in [9.17, 15) is 4.79 Å². The molecule has 3 aromatic heterocycles. The molecule has 118 valence electrons. The average molecular weight is 329 g/mol. The summed E-state index contributed by atoms with van der Waals surface area (Å²) < 4.78 is 11.0. The summed E-state index contributed by atoms with van der Waals surface area (Å²) in [5.74, 6) is 1.90. The highest BCUT2D eigenvalue weighted by Gasteiger charge is 2.28. The van der Waals surface area contributed by atoms with Gasteiger partial charge in [0, 0.05) is 24.4 Å². The van der Waals surface area contributed by atoms with Gasteiger partial charge < -0.3 is 13.7 Å². The quantitative estimate of drug-likeness (QED) is 0.736. The van der Waals surface area contributed by atoms with Crippen molar-refractivity contribution in [3.8, 4) is 11.7 Å². The van der Waals surface area contributed by atoms with Gasteiger partial charge in [0.05, 0.1) is 11.8 Å². The zero-order chi connectivity index (χ0) is 15.6. The first-order chi connectivity index (χ1) is 11.3. The zero-order valence-electron chi connectivity index (χ0n) is 12.3. The van der Waals surface area contributed by atoms with Crippen molar-refractivity contribution >= 4 is 17.2 Å². The Kier molecular flexibility index (Phi) is 3.70. The number of hydrogen-bond acceptors (Lipinski definition) is 6. The first kappa shape index (κ1) is 14.2. The van der Waals surface area contributed by atoms with E-state index in [0.29, 0.717) is 30.6 Å². The van der Waals surface area contributed by atoms with Gasteiger partial charge in [0.1, 0.15) is 0 Å². The van der Waals surface area contributed by atoms with Crippen molar-refractivity contribution in [2.45, 2.75) is 18.8 Å². The molecule has 6 nitrogen and oxygen atoms in total. The van der Waals surface area contributed by atoms with E-state index < -0.39 is 0 Å². The van der Waals surface area contributed by atoms with Crippen LogP contribution in [0.3, 0.4) is 0 Å². The van der Waals surface area contributed by atoms with Crippen LogP contribution in [0.5, 0.6) is 0 Å². The molecule has 0 aromatic carbocycles. The summed E-state index contributed by atoms with van der Waals surface area (Å²) >= 11 is 1.54. The molecule has 7 heteroatoms. The van der Waals surface area contributed by atoms with E-state index >= 15 is 0 Å². The van der Waals surface area contributed by atoms with Crippen molar-refractivity contribution in [3.63, 3.8) is 0 Å². The molecule has 1 fully saturated rings. The highest BCUT2D eigenvalue weighted by atomic mass is 32.1. The van der Waals surface area contributed by atoms with Gasteiger partial charge in [0.2, 0.25) is 5.89 Å². The van der Waals surface area contributed by atoms with Crippen LogP contribution in [0.4, 0.5) is 0 Å². The van der Waals surface area contributed by atoms with Crippen LogP contribution in [0.15, 0.2) is 44.1 Å². The molecule has 0 N–H and O–H groups in total. The van der Waals surface area contributed by atoms with Gasteiger partial charge in [-0.3, -0.25) is 4.79 Å². The van der Waals surface area contributed by atoms with Gasteiger partial charge >= 0.3 is 0 Å². The largest absolute Gasteiger partial charge is 0.459 e. The number of nitrogens with zero attached hydrogens (tertiary/aromatic N) is 3. The van der Waals surface area contributed by atoms with E-state index in [1.54, 1.807) is 29.7 Å². The van der Waals surface area contributed by atoms with Crippen LogP contribution in [0, 0.1) is 0 Å². The number of thiophene rings is 1. The van der Waals surface area contributed by atoms with Gasteiger partial charge in [0.25, 0.3) is 11.8 Å². The molecule has 0 bridgehead atoms. The van der Waals surface area contributed by atoms with Crippen molar-refractivity contribution < 1.29 is 13.6 Å². The molecule has 1 aliphatic rings. The summed E-state index contributed by atoms with van der Waals surface area (Å²) in [5.41, 5.74) is 0.770. The fraction of sp³-hybridized carbons (Fsp3) is 0.312. The van der Waals surface area contributed by atoms with E-state index in [1.165, 1.54) is 0 Å². The summed E-state index contributed by atoms with van der Waals surface area (Å²) in [6.07, 6.45) is 3.24. The molecule has 1 amide bonds. The van der Waals surface area contributed by atoms with Gasteiger partial charge in [-0.05, 0) is 36.4 Å². The molecule has 0 unspecified atom stereocenters. The zero-order valence-corrected chi connectivity index (χ0v) is 13.2. The number of rotatable bonds is 3. The van der Waals surface area contributed by atoms with Gasteiger partial charge in [-0.15, -0.1) is 10.2 Å². The van der Waals surface area contributed by atoms with Crippen molar-refractivity contribution in [3.05, 3.63) is 46.7 Å². The molecule has 1 saturated heterocycles. The molecule has 23 heavy (non-hydrogen) atoms. The lowest BCUT2D eigenvalue weighted by Crippen LogP contribution is -2.37. The van der Waals surface area contributed by atoms with Gasteiger partial charge in [0.15, 0.2) is 5.76 Å². The van der Waals surface area contributed by atoms with E-state index in [1.807, 2.05) is 21.7 Å². The molecular weight excluding hydrogens is 314 g/mol. The lowest BCUT2D eigenvalue weighted by molar-refractivity contribution is 0.0707. The number of furan rings is 1. The monoisotopic (exact) mass is 329 g/mol. The predicted molar refractivity (Wildman–Crippen MR) is 84.2 cm³/mol. The van der Waals surface area contributed by atoms with Crippen molar-refractivity contribution in [2.75, 3.05) is 13.1 Å². The fourth-order valence-electron chi connectivity index (χ4n) is 2.80. The van der Waals surface area contributed by atoms with Crippen molar-refractivity contribution in [1.29, 1.82) is 0 Å². The van der Waals surface area contributed by atoms with Gasteiger partial charge in [-0.1, -0.05) is 0 Å². The summed E-state index contributed by atoms with van der Waals surface area (Å²) in [7, 11) is 0. The number of carbonyl (C=O) groups excluding carboxylic acids is 1. The third-order valence-corrected chi connectivity index (χ3v) is 4.76. The van der Waals surface area contributed by atoms with Crippen LogP contribution < -0.4 is 0 Å². The average Bonchev–Trinajstić information content (AvgIpc) is 3.36. The molecule has 4 rings (SSSR count). The molecule has 0 aliphatic carbocycles. The summed E-state index contributed by atoms with van der Waals surface area (Å²) in [6, 6.07) is 5.44. The Bertz CT molecular complexity index is 771. The van der Waals surface area contributed by atoms with Crippen LogP contribution in [0.1, 0.15) is 35.0 Å². The van der Waals surface area contributed by atoms with E-state index in [0.717, 1.165) is 18.4 Å². The lowest BCUT2D eigenvalue weighted by atomic mass is 9.96. The van der Waals surface area contributed by atoms with Crippen LogP contribution in [-0.4, -0.2) is 34.1 Å². The normalized spacial score (nSPS) is 15.9. The van der Waals surface area contributed by atoms with Crippen molar-refractivity contribution in [2.24, 2.45) is 0 Å². The first-order valence-electron chi connectivity index (χ1n) is 7.50. The Morgan fingerprint density at radius 3 is 2.83 bits per heavy atom. The number of likely N-dealkylation sites (tertiary alicyclic amines) is 1.